The summed E-state index contributed by atoms with van der Waals surface area (Å²) >= 11 is 0. The lowest BCUT2D eigenvalue weighted by molar-refractivity contribution is 0.355. The number of nitrogens with zero attached hydrogens (tertiary/aromatic N) is 2. The Kier molecular flexibility index (Phi) is 5.10. The second-order valence-corrected chi connectivity index (χ2v) is 6.70. The number of halogens is 1. The van der Waals surface area contributed by atoms with Gasteiger partial charge in [-0.3, -0.25) is 9.36 Å². The van der Waals surface area contributed by atoms with Crippen LogP contribution < -0.4 is 20.7 Å². The molecule has 0 unspecified atom stereocenters. The van der Waals surface area contributed by atoms with Gasteiger partial charge in [-0.25, -0.2) is 13.8 Å². The van der Waals surface area contributed by atoms with Crippen molar-refractivity contribution in [3.63, 3.8) is 0 Å². The predicted molar refractivity (Wildman–Crippen MR) is 112 cm³/mol. The molecule has 0 aliphatic rings. The third-order valence-electron chi connectivity index (χ3n) is 4.91. The molecule has 0 radical (unpaired) electrons. The Bertz CT molecular complexity index is 1360. The molecule has 0 fully saturated rings. The molecule has 1 aromatic heterocycles. The van der Waals surface area contributed by atoms with Crippen molar-refractivity contribution >= 4 is 10.9 Å². The summed E-state index contributed by atoms with van der Waals surface area (Å²) in [6.07, 6.45) is 0. The monoisotopic (exact) mass is 406 g/mol. The van der Waals surface area contributed by atoms with Crippen LogP contribution in [0.15, 0.2) is 76.3 Å². The first kappa shape index (κ1) is 19.4. The second kappa shape index (κ2) is 7.87. The molecule has 6 nitrogen and oxygen atoms in total. The van der Waals surface area contributed by atoms with E-state index < -0.39 is 17.1 Å². The average Bonchev–Trinajstić information content (AvgIpc) is 2.76. The summed E-state index contributed by atoms with van der Waals surface area (Å²) < 4.78 is 26.8. The summed E-state index contributed by atoms with van der Waals surface area (Å²) in [6.45, 7) is 0.116. The molecule has 0 aliphatic carbocycles. The van der Waals surface area contributed by atoms with Gasteiger partial charge in [0.15, 0.2) is 11.5 Å². The van der Waals surface area contributed by atoms with Gasteiger partial charge >= 0.3 is 5.69 Å². The molecule has 1 heterocycles. The molecule has 0 N–H and O–H groups in total. The van der Waals surface area contributed by atoms with E-state index >= 15 is 0 Å². The van der Waals surface area contributed by atoms with Crippen LogP contribution >= 0.6 is 0 Å². The highest BCUT2D eigenvalue weighted by atomic mass is 19.1. The van der Waals surface area contributed by atoms with Crippen molar-refractivity contribution in [2.45, 2.75) is 6.54 Å². The number of methoxy groups -OCH3 is 2. The van der Waals surface area contributed by atoms with Crippen LogP contribution in [0.3, 0.4) is 0 Å². The van der Waals surface area contributed by atoms with E-state index in [0.717, 1.165) is 4.57 Å². The van der Waals surface area contributed by atoms with Gasteiger partial charge in [-0.2, -0.15) is 0 Å². The number of hydrogen-bond acceptors (Lipinski definition) is 4. The summed E-state index contributed by atoms with van der Waals surface area (Å²) in [5.41, 5.74) is 0.461. The minimum Gasteiger partial charge on any atom is -0.493 e. The zero-order valence-electron chi connectivity index (χ0n) is 16.5. The molecule has 0 amide bonds. The van der Waals surface area contributed by atoms with Gasteiger partial charge in [0.2, 0.25) is 0 Å². The first-order chi connectivity index (χ1) is 14.5. The maximum absolute atomic E-state index is 13.7. The molecular weight excluding hydrogens is 387 g/mol. The molecule has 30 heavy (non-hydrogen) atoms. The Hall–Kier alpha value is -3.87. The van der Waals surface area contributed by atoms with Crippen molar-refractivity contribution < 1.29 is 13.9 Å². The molecule has 3 aromatic carbocycles. The number of benzene rings is 3. The number of aromatic nitrogens is 2. The number of ether oxygens (including phenoxy) is 2. The van der Waals surface area contributed by atoms with E-state index in [4.69, 9.17) is 9.47 Å². The van der Waals surface area contributed by atoms with E-state index in [2.05, 4.69) is 0 Å². The van der Waals surface area contributed by atoms with E-state index in [1.165, 1.54) is 30.9 Å². The molecular formula is C23H19FN2O4. The van der Waals surface area contributed by atoms with E-state index in [-0.39, 0.29) is 6.54 Å². The summed E-state index contributed by atoms with van der Waals surface area (Å²) in [5, 5.41) is 0.378. The van der Waals surface area contributed by atoms with Gasteiger partial charge < -0.3 is 9.47 Å². The van der Waals surface area contributed by atoms with Crippen molar-refractivity contribution in [1.29, 1.82) is 0 Å². The van der Waals surface area contributed by atoms with E-state index in [1.54, 1.807) is 54.6 Å². The Morgan fingerprint density at radius 3 is 2.37 bits per heavy atom. The first-order valence-electron chi connectivity index (χ1n) is 9.25. The second-order valence-electron chi connectivity index (χ2n) is 6.70. The maximum atomic E-state index is 13.7. The fourth-order valence-corrected chi connectivity index (χ4v) is 3.48. The van der Waals surface area contributed by atoms with Crippen LogP contribution in [0, 0.1) is 5.82 Å². The lowest BCUT2D eigenvalue weighted by Crippen LogP contribution is -2.39. The molecule has 4 aromatic rings. The van der Waals surface area contributed by atoms with Crippen LogP contribution in [0.4, 0.5) is 4.39 Å². The van der Waals surface area contributed by atoms with Crippen LogP contribution in [-0.4, -0.2) is 23.4 Å². The minimum atomic E-state index is -0.532. The number of rotatable bonds is 5. The predicted octanol–water partition coefficient (Wildman–Crippen LogP) is 3.36. The van der Waals surface area contributed by atoms with E-state index in [9.17, 15) is 14.0 Å². The van der Waals surface area contributed by atoms with E-state index in [1.807, 2.05) is 0 Å². The summed E-state index contributed by atoms with van der Waals surface area (Å²) in [6, 6.07) is 17.7. The van der Waals surface area contributed by atoms with Gasteiger partial charge in [0, 0.05) is 6.07 Å². The van der Waals surface area contributed by atoms with Crippen LogP contribution in [0.2, 0.25) is 0 Å². The average molecular weight is 406 g/mol. The lowest BCUT2D eigenvalue weighted by Gasteiger charge is -2.15. The molecule has 0 atom stereocenters. The zero-order valence-corrected chi connectivity index (χ0v) is 16.5. The number of hydrogen-bond donors (Lipinski definition) is 0. The van der Waals surface area contributed by atoms with Crippen molar-refractivity contribution in [2.24, 2.45) is 0 Å². The molecule has 152 valence electrons. The molecule has 0 spiro atoms. The maximum Gasteiger partial charge on any atom is 0.336 e. The van der Waals surface area contributed by atoms with Crippen LogP contribution in [0.5, 0.6) is 11.5 Å². The standard InChI is InChI=1S/C23H19FN2O4/c1-29-20-11-10-17(13-21(20)30-2)26-22(27)18-8-3-4-9-19(18)25(23(26)28)14-15-6-5-7-16(24)12-15/h3-13H,14H2,1-2H3. The highest BCUT2D eigenvalue weighted by Crippen LogP contribution is 2.28. The summed E-state index contributed by atoms with van der Waals surface area (Å²) in [7, 11) is 2.98. The first-order valence-corrected chi connectivity index (χ1v) is 9.25. The molecule has 0 aliphatic heterocycles. The Labute approximate surface area is 171 Å². The Morgan fingerprint density at radius 1 is 0.867 bits per heavy atom. The fourth-order valence-electron chi connectivity index (χ4n) is 3.48. The van der Waals surface area contributed by atoms with Crippen molar-refractivity contribution in [3.8, 4) is 17.2 Å². The smallest absolute Gasteiger partial charge is 0.336 e. The van der Waals surface area contributed by atoms with Crippen LogP contribution in [0.25, 0.3) is 16.6 Å². The number of fused-ring (bicyclic) bond motifs is 1. The van der Waals surface area contributed by atoms with Crippen molar-refractivity contribution in [1.82, 2.24) is 9.13 Å². The molecule has 0 bridgehead atoms. The minimum absolute atomic E-state index is 0.116. The van der Waals surface area contributed by atoms with Gasteiger partial charge in [0.25, 0.3) is 5.56 Å². The third-order valence-corrected chi connectivity index (χ3v) is 4.91. The largest absolute Gasteiger partial charge is 0.493 e. The van der Waals surface area contributed by atoms with Gasteiger partial charge in [0.1, 0.15) is 5.82 Å². The van der Waals surface area contributed by atoms with Gasteiger partial charge in [0.05, 0.1) is 37.4 Å². The summed E-state index contributed by atoms with van der Waals surface area (Å²) in [5.74, 6) is 0.486. The SMILES string of the molecule is COc1ccc(-n2c(=O)c3ccccc3n(Cc3cccc(F)c3)c2=O)cc1OC. The Morgan fingerprint density at radius 2 is 1.63 bits per heavy atom. The van der Waals surface area contributed by atoms with Gasteiger partial charge in [-0.05, 0) is 42.0 Å². The lowest BCUT2D eigenvalue weighted by atomic mass is 10.2. The molecule has 0 saturated carbocycles. The fraction of sp³-hybridized carbons (Fsp3) is 0.130. The summed E-state index contributed by atoms with van der Waals surface area (Å²) in [4.78, 5) is 26.6. The Balaban J connectivity index is 2.00. The zero-order chi connectivity index (χ0) is 21.3. The topological polar surface area (TPSA) is 62.5 Å². The molecule has 7 heteroatoms. The van der Waals surface area contributed by atoms with Crippen LogP contribution in [0.1, 0.15) is 5.56 Å². The highest BCUT2D eigenvalue weighted by molar-refractivity contribution is 5.78. The number of para-hydroxylation sites is 1. The van der Waals surface area contributed by atoms with E-state index in [0.29, 0.717) is 33.7 Å². The third kappa shape index (κ3) is 3.34. The molecule has 4 rings (SSSR count). The quantitative estimate of drug-likeness (QED) is 0.510. The van der Waals surface area contributed by atoms with Crippen molar-refractivity contribution in [3.05, 3.63) is 98.9 Å². The molecule has 0 saturated heterocycles. The normalized spacial score (nSPS) is 10.9. The van der Waals surface area contributed by atoms with Gasteiger partial charge in [-0.15, -0.1) is 0 Å². The van der Waals surface area contributed by atoms with Gasteiger partial charge in [-0.1, -0.05) is 24.3 Å². The van der Waals surface area contributed by atoms with Crippen molar-refractivity contribution in [2.75, 3.05) is 14.2 Å². The van der Waals surface area contributed by atoms with Crippen LogP contribution in [-0.2, 0) is 6.54 Å². The highest BCUT2D eigenvalue weighted by Gasteiger charge is 2.16.